The fourth-order valence-electron chi connectivity index (χ4n) is 5.76. The highest BCUT2D eigenvalue weighted by Crippen LogP contribution is 2.48. The minimum absolute atomic E-state index is 0.0571. The van der Waals surface area contributed by atoms with Crippen molar-refractivity contribution in [2.24, 2.45) is 13.0 Å². The maximum Gasteiger partial charge on any atom is 0.412 e. The molecule has 218 valence electrons. The Morgan fingerprint density at radius 2 is 1.83 bits per heavy atom. The van der Waals surface area contributed by atoms with Crippen molar-refractivity contribution in [1.82, 2.24) is 19.7 Å². The molecular formula is C32H37N7O3. The molecule has 1 saturated carbocycles. The summed E-state index contributed by atoms with van der Waals surface area (Å²) in [5, 5.41) is 11.8. The van der Waals surface area contributed by atoms with Crippen LogP contribution in [0.3, 0.4) is 0 Å². The summed E-state index contributed by atoms with van der Waals surface area (Å²) >= 11 is 0. The third-order valence-corrected chi connectivity index (χ3v) is 7.84. The molecule has 0 bridgehead atoms. The molecule has 2 unspecified atom stereocenters. The molecule has 10 nitrogen and oxygen atoms in total. The smallest absolute Gasteiger partial charge is 0.412 e. The second-order valence-corrected chi connectivity index (χ2v) is 12.3. The number of pyridine rings is 2. The fourth-order valence-corrected chi connectivity index (χ4v) is 5.76. The van der Waals surface area contributed by atoms with Crippen LogP contribution in [0.4, 0.5) is 22.1 Å². The van der Waals surface area contributed by atoms with Gasteiger partial charge in [0.1, 0.15) is 17.2 Å². The molecule has 42 heavy (non-hydrogen) atoms. The summed E-state index contributed by atoms with van der Waals surface area (Å²) < 4.78 is 7.33. The molecule has 1 saturated heterocycles. The Balaban J connectivity index is 1.36. The van der Waals surface area contributed by atoms with Gasteiger partial charge in [-0.3, -0.25) is 14.8 Å². The monoisotopic (exact) mass is 567 g/mol. The van der Waals surface area contributed by atoms with E-state index >= 15 is 0 Å². The largest absolute Gasteiger partial charge is 0.444 e. The molecule has 2 aliphatic rings. The third kappa shape index (κ3) is 5.79. The van der Waals surface area contributed by atoms with Gasteiger partial charge in [-0.05, 0) is 99.2 Å². The van der Waals surface area contributed by atoms with Gasteiger partial charge in [-0.1, -0.05) is 0 Å². The number of aryl methyl sites for hydroxylation is 2. The lowest BCUT2D eigenvalue weighted by Gasteiger charge is -2.23. The Morgan fingerprint density at radius 3 is 2.55 bits per heavy atom. The Kier molecular flexibility index (Phi) is 7.08. The van der Waals surface area contributed by atoms with E-state index in [1.165, 1.54) is 0 Å². The van der Waals surface area contributed by atoms with E-state index in [1.54, 1.807) is 10.9 Å². The molecule has 1 aliphatic heterocycles. The van der Waals surface area contributed by atoms with Crippen LogP contribution >= 0.6 is 0 Å². The van der Waals surface area contributed by atoms with Crippen LogP contribution in [0.15, 0.2) is 49.1 Å². The van der Waals surface area contributed by atoms with E-state index < -0.39 is 11.7 Å². The number of benzene rings is 1. The lowest BCUT2D eigenvalue weighted by molar-refractivity contribution is -0.117. The number of nitrogens with zero attached hydrogens (tertiary/aromatic N) is 5. The van der Waals surface area contributed by atoms with Crippen LogP contribution in [-0.4, -0.2) is 50.4 Å². The van der Waals surface area contributed by atoms with Gasteiger partial charge in [-0.2, -0.15) is 5.10 Å². The van der Waals surface area contributed by atoms with E-state index in [-0.39, 0.29) is 17.7 Å². The van der Waals surface area contributed by atoms with Crippen molar-refractivity contribution in [3.8, 4) is 11.1 Å². The molecule has 2 N–H and O–H groups in total. The van der Waals surface area contributed by atoms with E-state index in [0.717, 1.165) is 71.2 Å². The summed E-state index contributed by atoms with van der Waals surface area (Å²) in [4.78, 5) is 37.6. The van der Waals surface area contributed by atoms with Crippen molar-refractivity contribution in [2.45, 2.75) is 58.5 Å². The molecule has 3 aromatic heterocycles. The second-order valence-electron chi connectivity index (χ2n) is 12.3. The number of rotatable bonds is 6. The van der Waals surface area contributed by atoms with E-state index in [2.05, 4.69) is 38.6 Å². The Hall–Kier alpha value is -4.47. The molecule has 6 rings (SSSR count). The summed E-state index contributed by atoms with van der Waals surface area (Å²) in [6.07, 6.45) is 9.83. The number of hydrogen-bond acceptors (Lipinski definition) is 7. The number of hydrogen-bond donors (Lipinski definition) is 2. The van der Waals surface area contributed by atoms with Crippen molar-refractivity contribution < 1.29 is 14.3 Å². The summed E-state index contributed by atoms with van der Waals surface area (Å²) in [6, 6.07) is 7.90. The zero-order valence-corrected chi connectivity index (χ0v) is 24.8. The van der Waals surface area contributed by atoms with Gasteiger partial charge in [0.2, 0.25) is 5.91 Å². The maximum atomic E-state index is 13.1. The first-order valence-corrected chi connectivity index (χ1v) is 14.5. The van der Waals surface area contributed by atoms with Gasteiger partial charge in [0.25, 0.3) is 0 Å². The standard InChI is InChI=1S/C32H37N7O3/c1-19-8-9-33-29(39-10-6-7-11-39)28(19)21-12-20-14-27(37-30(40)24-15-23(24)22-16-35-38(5)18-22)34-17-25(20)26(13-21)36-31(41)42-32(2,3)4/h8-9,12-14,16-18,23-24H,6-7,10-11,15H2,1-5H3,(H,36,41)(H,34,37,40). The average molecular weight is 568 g/mol. The predicted octanol–water partition coefficient (Wildman–Crippen LogP) is 6.03. The van der Waals surface area contributed by atoms with Crippen LogP contribution in [0.5, 0.6) is 0 Å². The topological polar surface area (TPSA) is 114 Å². The number of carbonyl (C=O) groups excluding carboxylic acids is 2. The first-order chi connectivity index (χ1) is 20.1. The van der Waals surface area contributed by atoms with E-state index in [0.29, 0.717) is 11.5 Å². The minimum Gasteiger partial charge on any atom is -0.444 e. The molecule has 1 aliphatic carbocycles. The van der Waals surface area contributed by atoms with E-state index in [9.17, 15) is 9.59 Å². The van der Waals surface area contributed by atoms with Crippen LogP contribution in [-0.2, 0) is 16.6 Å². The Labute approximate surface area is 245 Å². The number of amides is 2. The van der Waals surface area contributed by atoms with Crippen molar-refractivity contribution in [3.05, 3.63) is 60.2 Å². The zero-order valence-electron chi connectivity index (χ0n) is 24.8. The van der Waals surface area contributed by atoms with Crippen molar-refractivity contribution >= 4 is 40.1 Å². The van der Waals surface area contributed by atoms with Crippen LogP contribution in [0, 0.1) is 12.8 Å². The van der Waals surface area contributed by atoms with Gasteiger partial charge in [0.15, 0.2) is 0 Å². The number of aromatic nitrogens is 4. The van der Waals surface area contributed by atoms with Gasteiger partial charge in [-0.15, -0.1) is 0 Å². The van der Waals surface area contributed by atoms with Gasteiger partial charge in [-0.25, -0.2) is 14.8 Å². The molecular weight excluding hydrogens is 530 g/mol. The van der Waals surface area contributed by atoms with Gasteiger partial charge < -0.3 is 15.0 Å². The third-order valence-electron chi connectivity index (χ3n) is 7.84. The maximum absolute atomic E-state index is 13.1. The molecule has 4 heterocycles. The number of ether oxygens (including phenoxy) is 1. The highest BCUT2D eigenvalue weighted by molar-refractivity contribution is 6.05. The summed E-state index contributed by atoms with van der Waals surface area (Å²) in [6.45, 7) is 9.49. The predicted molar refractivity (Wildman–Crippen MR) is 164 cm³/mol. The van der Waals surface area contributed by atoms with Crippen LogP contribution in [0.1, 0.15) is 57.1 Å². The second kappa shape index (κ2) is 10.7. The van der Waals surface area contributed by atoms with Gasteiger partial charge in [0, 0.05) is 55.6 Å². The summed E-state index contributed by atoms with van der Waals surface area (Å²) in [5.41, 5.74) is 4.04. The van der Waals surface area contributed by atoms with Gasteiger partial charge >= 0.3 is 6.09 Å². The number of fused-ring (bicyclic) bond motifs is 1. The SMILES string of the molecule is Cc1ccnc(N2CCCC2)c1-c1cc(NC(=O)OC(C)(C)C)c2cnc(NC(=O)C3CC3c3cnn(C)c3)cc2c1. The Morgan fingerprint density at radius 1 is 1.05 bits per heavy atom. The number of anilines is 3. The lowest BCUT2D eigenvalue weighted by Crippen LogP contribution is -2.27. The average Bonchev–Trinajstić information content (AvgIpc) is 3.30. The molecule has 2 atom stereocenters. The minimum atomic E-state index is -0.646. The molecule has 2 amide bonds. The highest BCUT2D eigenvalue weighted by atomic mass is 16.6. The van der Waals surface area contributed by atoms with Crippen molar-refractivity contribution in [3.63, 3.8) is 0 Å². The zero-order chi connectivity index (χ0) is 29.6. The normalized spacial score (nSPS) is 18.3. The highest BCUT2D eigenvalue weighted by Gasteiger charge is 2.44. The van der Waals surface area contributed by atoms with Gasteiger partial charge in [0.05, 0.1) is 11.9 Å². The first kappa shape index (κ1) is 27.7. The van der Waals surface area contributed by atoms with E-state index in [4.69, 9.17) is 9.72 Å². The lowest BCUT2D eigenvalue weighted by atomic mass is 9.97. The molecule has 1 aromatic carbocycles. The molecule has 0 spiro atoms. The molecule has 2 fully saturated rings. The quantitative estimate of drug-likeness (QED) is 0.292. The van der Waals surface area contributed by atoms with Crippen LogP contribution in [0.2, 0.25) is 0 Å². The number of carbonyl (C=O) groups is 2. The molecule has 0 radical (unpaired) electrons. The first-order valence-electron chi connectivity index (χ1n) is 14.5. The molecule has 4 aromatic rings. The summed E-state index contributed by atoms with van der Waals surface area (Å²) in [5.74, 6) is 1.41. The van der Waals surface area contributed by atoms with Crippen LogP contribution in [0.25, 0.3) is 21.9 Å². The van der Waals surface area contributed by atoms with Crippen molar-refractivity contribution in [2.75, 3.05) is 28.6 Å². The summed E-state index contributed by atoms with van der Waals surface area (Å²) in [7, 11) is 1.88. The fraction of sp³-hybridized carbons (Fsp3) is 0.406. The van der Waals surface area contributed by atoms with E-state index in [1.807, 2.05) is 64.6 Å². The van der Waals surface area contributed by atoms with Crippen LogP contribution < -0.4 is 15.5 Å². The Bertz CT molecular complexity index is 1670. The van der Waals surface area contributed by atoms with Crippen molar-refractivity contribution in [1.29, 1.82) is 0 Å². The number of nitrogens with one attached hydrogen (secondary N) is 2. The molecule has 10 heteroatoms.